The van der Waals surface area contributed by atoms with Crippen molar-refractivity contribution in [1.82, 2.24) is 9.88 Å². The number of benzene rings is 1. The molecule has 88 valence electrons. The molecule has 0 radical (unpaired) electrons. The average molecular weight is 293 g/mol. The van der Waals surface area contributed by atoms with Gasteiger partial charge in [0.2, 0.25) is 5.91 Å². The Kier molecular flexibility index (Phi) is 2.67. The van der Waals surface area contributed by atoms with Crippen LogP contribution in [-0.4, -0.2) is 27.2 Å². The van der Waals surface area contributed by atoms with E-state index in [9.17, 15) is 4.79 Å². The Morgan fingerprint density at radius 2 is 2.29 bits per heavy atom. The van der Waals surface area contributed by atoms with E-state index in [1.807, 2.05) is 11.1 Å². The van der Waals surface area contributed by atoms with Crippen LogP contribution >= 0.6 is 15.9 Å². The van der Waals surface area contributed by atoms with Gasteiger partial charge in [-0.25, -0.2) is 0 Å². The Hall–Kier alpha value is -1.29. The zero-order chi connectivity index (χ0) is 11.8. The molecular formula is C13H13BrN2O. The molecule has 3 nitrogen and oxygen atoms in total. The van der Waals surface area contributed by atoms with Gasteiger partial charge in [-0.3, -0.25) is 4.79 Å². The van der Waals surface area contributed by atoms with Gasteiger partial charge in [0.15, 0.2) is 0 Å². The maximum atomic E-state index is 11.7. The minimum Gasteiger partial charge on any atom is -0.361 e. The van der Waals surface area contributed by atoms with E-state index >= 15 is 0 Å². The maximum Gasteiger partial charge on any atom is 0.224 e. The number of halogens is 1. The van der Waals surface area contributed by atoms with Gasteiger partial charge in [0.25, 0.3) is 0 Å². The van der Waals surface area contributed by atoms with Crippen molar-refractivity contribution < 1.29 is 4.79 Å². The largest absolute Gasteiger partial charge is 0.361 e. The van der Waals surface area contributed by atoms with Crippen LogP contribution in [0, 0.1) is 0 Å². The van der Waals surface area contributed by atoms with Crippen molar-refractivity contribution in [3.63, 3.8) is 0 Å². The Balaban J connectivity index is 1.82. The standard InChI is InChI=1S/C13H13BrN2O/c14-11-6-13(17)16(8-11)7-9-1-2-10-3-4-15-12(10)5-9/h1-5,11,15H,6-8H2. The molecule has 3 rings (SSSR count). The van der Waals surface area contributed by atoms with E-state index in [-0.39, 0.29) is 5.91 Å². The highest BCUT2D eigenvalue weighted by Gasteiger charge is 2.27. The fourth-order valence-corrected chi connectivity index (χ4v) is 2.92. The van der Waals surface area contributed by atoms with Gasteiger partial charge in [-0.1, -0.05) is 28.1 Å². The number of likely N-dealkylation sites (tertiary alicyclic amines) is 1. The summed E-state index contributed by atoms with van der Waals surface area (Å²) in [6.07, 6.45) is 2.55. The van der Waals surface area contributed by atoms with E-state index in [4.69, 9.17) is 0 Å². The maximum absolute atomic E-state index is 11.7. The molecule has 1 unspecified atom stereocenters. The number of alkyl halides is 1. The third-order valence-corrected chi connectivity index (χ3v) is 3.77. The van der Waals surface area contributed by atoms with Gasteiger partial charge in [0.05, 0.1) is 0 Å². The fraction of sp³-hybridized carbons (Fsp3) is 0.308. The summed E-state index contributed by atoms with van der Waals surface area (Å²) in [6, 6.07) is 8.34. The minimum absolute atomic E-state index is 0.235. The highest BCUT2D eigenvalue weighted by molar-refractivity contribution is 9.09. The molecule has 4 heteroatoms. The summed E-state index contributed by atoms with van der Waals surface area (Å²) in [5, 5.41) is 1.21. The molecule has 2 heterocycles. The molecule has 1 saturated heterocycles. The molecule has 2 aromatic rings. The van der Waals surface area contributed by atoms with Crippen molar-refractivity contribution >= 4 is 32.7 Å². The summed E-state index contributed by atoms with van der Waals surface area (Å²) >= 11 is 3.50. The van der Waals surface area contributed by atoms with Crippen LogP contribution in [0.15, 0.2) is 30.5 Å². The monoisotopic (exact) mass is 292 g/mol. The van der Waals surface area contributed by atoms with Crippen molar-refractivity contribution in [3.05, 3.63) is 36.0 Å². The Bertz CT molecular complexity index is 563. The molecule has 0 saturated carbocycles. The topological polar surface area (TPSA) is 36.1 Å². The van der Waals surface area contributed by atoms with Crippen molar-refractivity contribution in [2.45, 2.75) is 17.8 Å². The number of aromatic amines is 1. The smallest absolute Gasteiger partial charge is 0.224 e. The Morgan fingerprint density at radius 1 is 1.41 bits per heavy atom. The fourth-order valence-electron chi connectivity index (χ4n) is 2.29. The number of aromatic nitrogens is 1. The highest BCUT2D eigenvalue weighted by Crippen LogP contribution is 2.21. The molecule has 17 heavy (non-hydrogen) atoms. The molecule has 0 bridgehead atoms. The number of carbonyl (C=O) groups is 1. The second kappa shape index (κ2) is 4.18. The van der Waals surface area contributed by atoms with Gasteiger partial charge in [-0.15, -0.1) is 0 Å². The lowest BCUT2D eigenvalue weighted by Gasteiger charge is -2.15. The molecule has 1 atom stereocenters. The van der Waals surface area contributed by atoms with Crippen LogP contribution in [-0.2, 0) is 11.3 Å². The lowest BCUT2D eigenvalue weighted by Crippen LogP contribution is -2.24. The SMILES string of the molecule is O=C1CC(Br)CN1Cc1ccc2cc[nH]c2c1. The number of nitrogens with zero attached hydrogens (tertiary/aromatic N) is 1. The van der Waals surface area contributed by atoms with Crippen LogP contribution in [0.25, 0.3) is 10.9 Å². The van der Waals surface area contributed by atoms with E-state index in [0.717, 1.165) is 12.1 Å². The molecule has 1 aromatic heterocycles. The molecule has 1 aromatic carbocycles. The summed E-state index contributed by atoms with van der Waals surface area (Å²) < 4.78 is 0. The number of hydrogen-bond acceptors (Lipinski definition) is 1. The predicted octanol–water partition coefficient (Wildman–Crippen LogP) is 2.66. The van der Waals surface area contributed by atoms with E-state index < -0.39 is 0 Å². The van der Waals surface area contributed by atoms with E-state index in [1.165, 1.54) is 10.9 Å². The second-order valence-electron chi connectivity index (χ2n) is 4.47. The summed E-state index contributed by atoms with van der Waals surface area (Å²) in [7, 11) is 0. The normalized spacial score (nSPS) is 20.4. The van der Waals surface area contributed by atoms with Gasteiger partial charge < -0.3 is 9.88 Å². The van der Waals surface area contributed by atoms with Gasteiger partial charge >= 0.3 is 0 Å². The molecule has 1 aliphatic heterocycles. The van der Waals surface area contributed by atoms with Crippen molar-refractivity contribution in [3.8, 4) is 0 Å². The molecule has 1 amide bonds. The van der Waals surface area contributed by atoms with Crippen LogP contribution in [0.4, 0.5) is 0 Å². The molecule has 0 aliphatic carbocycles. The first-order valence-electron chi connectivity index (χ1n) is 5.70. The molecular weight excluding hydrogens is 280 g/mol. The van der Waals surface area contributed by atoms with Crippen LogP contribution in [0.1, 0.15) is 12.0 Å². The van der Waals surface area contributed by atoms with Crippen LogP contribution < -0.4 is 0 Å². The first kappa shape index (κ1) is 10.8. The quantitative estimate of drug-likeness (QED) is 0.849. The lowest BCUT2D eigenvalue weighted by molar-refractivity contribution is -0.128. The zero-order valence-electron chi connectivity index (χ0n) is 9.32. The van der Waals surface area contributed by atoms with Crippen molar-refractivity contribution in [2.75, 3.05) is 6.54 Å². The number of rotatable bonds is 2. The summed E-state index contributed by atoms with van der Waals surface area (Å²) in [5.41, 5.74) is 2.31. The lowest BCUT2D eigenvalue weighted by atomic mass is 10.1. The highest BCUT2D eigenvalue weighted by atomic mass is 79.9. The predicted molar refractivity (Wildman–Crippen MR) is 71.0 cm³/mol. The number of hydrogen-bond donors (Lipinski definition) is 1. The van der Waals surface area contributed by atoms with Crippen molar-refractivity contribution in [2.24, 2.45) is 0 Å². The van der Waals surface area contributed by atoms with Crippen molar-refractivity contribution in [1.29, 1.82) is 0 Å². The Labute approximate surface area is 108 Å². The van der Waals surface area contributed by atoms with Crippen LogP contribution in [0.5, 0.6) is 0 Å². The van der Waals surface area contributed by atoms with Gasteiger partial charge in [-0.05, 0) is 23.1 Å². The average Bonchev–Trinajstić information content (AvgIpc) is 2.85. The molecule has 1 N–H and O–H groups in total. The van der Waals surface area contributed by atoms with Crippen LogP contribution in [0.3, 0.4) is 0 Å². The van der Waals surface area contributed by atoms with E-state index in [1.54, 1.807) is 0 Å². The summed E-state index contributed by atoms with van der Waals surface area (Å²) in [5.74, 6) is 0.235. The van der Waals surface area contributed by atoms with Gasteiger partial charge in [-0.2, -0.15) is 0 Å². The number of fused-ring (bicyclic) bond motifs is 1. The van der Waals surface area contributed by atoms with Crippen LogP contribution in [0.2, 0.25) is 0 Å². The zero-order valence-corrected chi connectivity index (χ0v) is 10.9. The van der Waals surface area contributed by atoms with Gasteiger partial charge in [0, 0.05) is 36.1 Å². The summed E-state index contributed by atoms with van der Waals surface area (Å²) in [6.45, 7) is 1.51. The molecule has 0 spiro atoms. The molecule has 1 aliphatic rings. The van der Waals surface area contributed by atoms with E-state index in [2.05, 4.69) is 45.2 Å². The number of amides is 1. The second-order valence-corrected chi connectivity index (χ2v) is 5.77. The van der Waals surface area contributed by atoms with E-state index in [0.29, 0.717) is 17.8 Å². The Morgan fingerprint density at radius 3 is 3.06 bits per heavy atom. The number of H-pyrrole nitrogens is 1. The first-order chi connectivity index (χ1) is 8.22. The third-order valence-electron chi connectivity index (χ3n) is 3.16. The number of nitrogens with one attached hydrogen (secondary N) is 1. The first-order valence-corrected chi connectivity index (χ1v) is 6.62. The molecule has 1 fully saturated rings. The van der Waals surface area contributed by atoms with Gasteiger partial charge in [0.1, 0.15) is 0 Å². The minimum atomic E-state index is 0.235. The summed E-state index contributed by atoms with van der Waals surface area (Å²) in [4.78, 5) is 17.1. The third kappa shape index (κ3) is 2.09. The number of carbonyl (C=O) groups excluding carboxylic acids is 1.